The molecule has 8 heteroatoms. The van der Waals surface area contributed by atoms with Crippen molar-refractivity contribution in [3.63, 3.8) is 0 Å². The normalized spacial score (nSPS) is 16.3. The van der Waals surface area contributed by atoms with Crippen LogP contribution in [0.5, 0.6) is 0 Å². The second-order valence-corrected chi connectivity index (χ2v) is 7.33. The molecule has 0 bridgehead atoms. The first kappa shape index (κ1) is 15.0. The minimum Gasteiger partial charge on any atom is -0.343 e. The molecule has 0 unspecified atom stereocenters. The SMILES string of the molecule is Cc1c(S(=O)(=O)N2CCCC2)cc(C(=O)n2ccnc2)n1C. The highest BCUT2D eigenvalue weighted by Crippen LogP contribution is 2.26. The van der Waals surface area contributed by atoms with Crippen LogP contribution in [0.15, 0.2) is 29.7 Å². The maximum Gasteiger partial charge on any atom is 0.279 e. The number of carbonyl (C=O) groups excluding carboxylic acids is 1. The summed E-state index contributed by atoms with van der Waals surface area (Å²) < 4.78 is 29.9. The number of hydrogen-bond donors (Lipinski definition) is 0. The van der Waals surface area contributed by atoms with E-state index in [-0.39, 0.29) is 10.8 Å². The average Bonchev–Trinajstić information content (AvgIpc) is 3.21. The van der Waals surface area contributed by atoms with Crippen LogP contribution in [-0.2, 0) is 17.1 Å². The number of hydrogen-bond acceptors (Lipinski definition) is 4. The van der Waals surface area contributed by atoms with Gasteiger partial charge in [0.25, 0.3) is 5.91 Å². The summed E-state index contributed by atoms with van der Waals surface area (Å²) in [6, 6.07) is 1.46. The van der Waals surface area contributed by atoms with Crippen molar-refractivity contribution in [3.8, 4) is 0 Å². The zero-order chi connectivity index (χ0) is 15.9. The van der Waals surface area contributed by atoms with E-state index in [1.807, 2.05) is 0 Å². The molecule has 3 heterocycles. The number of carbonyl (C=O) groups is 1. The standard InChI is InChI=1S/C14H18N4O3S/c1-11-13(22(20,21)18-6-3-4-7-18)9-12(16(11)2)14(19)17-8-5-15-10-17/h5,8-10H,3-4,6-7H2,1-2H3. The van der Waals surface area contributed by atoms with Crippen LogP contribution in [-0.4, -0.2) is 45.8 Å². The lowest BCUT2D eigenvalue weighted by Gasteiger charge is -2.15. The van der Waals surface area contributed by atoms with Crippen LogP contribution in [0.3, 0.4) is 0 Å². The molecule has 3 rings (SSSR count). The zero-order valence-corrected chi connectivity index (χ0v) is 13.4. The highest BCUT2D eigenvalue weighted by atomic mass is 32.2. The van der Waals surface area contributed by atoms with Crippen LogP contribution in [0.2, 0.25) is 0 Å². The summed E-state index contributed by atoms with van der Waals surface area (Å²) in [6.07, 6.45) is 6.21. The lowest BCUT2D eigenvalue weighted by molar-refractivity contribution is 0.0951. The predicted octanol–water partition coefficient (Wildman–Crippen LogP) is 1.00. The van der Waals surface area contributed by atoms with Crippen molar-refractivity contribution >= 4 is 15.9 Å². The quantitative estimate of drug-likeness (QED) is 0.845. The Kier molecular flexibility index (Phi) is 3.65. The molecule has 1 aliphatic rings. The van der Waals surface area contributed by atoms with Crippen LogP contribution in [0.4, 0.5) is 0 Å². The molecule has 1 fully saturated rings. The molecule has 22 heavy (non-hydrogen) atoms. The first-order valence-corrected chi connectivity index (χ1v) is 8.56. The fourth-order valence-electron chi connectivity index (χ4n) is 2.72. The van der Waals surface area contributed by atoms with E-state index in [1.165, 1.54) is 27.5 Å². The van der Waals surface area contributed by atoms with Crippen LogP contribution in [0.1, 0.15) is 29.0 Å². The Balaban J connectivity index is 2.04. The zero-order valence-electron chi connectivity index (χ0n) is 12.6. The maximum absolute atomic E-state index is 12.7. The molecule has 0 spiro atoms. The number of rotatable bonds is 3. The molecule has 1 aliphatic heterocycles. The summed E-state index contributed by atoms with van der Waals surface area (Å²) >= 11 is 0. The second-order valence-electron chi connectivity index (χ2n) is 5.42. The molecule has 2 aromatic rings. The number of imidazole rings is 1. The Morgan fingerprint density at radius 2 is 1.95 bits per heavy atom. The largest absolute Gasteiger partial charge is 0.343 e. The van der Waals surface area contributed by atoms with Crippen LogP contribution in [0.25, 0.3) is 0 Å². The number of nitrogens with zero attached hydrogens (tertiary/aromatic N) is 4. The molecule has 118 valence electrons. The Hall–Kier alpha value is -1.93. The van der Waals surface area contributed by atoms with Gasteiger partial charge in [-0.15, -0.1) is 0 Å². The Bertz CT molecular complexity index is 800. The molecule has 0 atom stereocenters. The van der Waals surface area contributed by atoms with Crippen molar-refractivity contribution in [2.75, 3.05) is 13.1 Å². The van der Waals surface area contributed by atoms with Crippen molar-refractivity contribution in [1.29, 1.82) is 0 Å². The van der Waals surface area contributed by atoms with Gasteiger partial charge >= 0.3 is 0 Å². The van der Waals surface area contributed by atoms with E-state index >= 15 is 0 Å². The summed E-state index contributed by atoms with van der Waals surface area (Å²) in [5.41, 5.74) is 0.892. The van der Waals surface area contributed by atoms with E-state index in [1.54, 1.807) is 24.7 Å². The molecular formula is C14H18N4O3S. The van der Waals surface area contributed by atoms with Crippen molar-refractivity contribution in [1.82, 2.24) is 18.4 Å². The van der Waals surface area contributed by atoms with Crippen molar-refractivity contribution in [2.45, 2.75) is 24.7 Å². The van der Waals surface area contributed by atoms with Crippen LogP contribution in [0, 0.1) is 6.92 Å². The van der Waals surface area contributed by atoms with Gasteiger partial charge in [0.2, 0.25) is 10.0 Å². The lowest BCUT2D eigenvalue weighted by Crippen LogP contribution is -2.28. The van der Waals surface area contributed by atoms with Gasteiger partial charge in [-0.25, -0.2) is 13.4 Å². The van der Waals surface area contributed by atoms with Crippen molar-refractivity contribution in [3.05, 3.63) is 36.2 Å². The third-order valence-corrected chi connectivity index (χ3v) is 6.14. The smallest absolute Gasteiger partial charge is 0.279 e. The van der Waals surface area contributed by atoms with Gasteiger partial charge < -0.3 is 4.57 Å². The minimum atomic E-state index is -3.54. The van der Waals surface area contributed by atoms with Gasteiger partial charge in [-0.05, 0) is 25.8 Å². The number of aromatic nitrogens is 3. The van der Waals surface area contributed by atoms with Gasteiger partial charge in [-0.2, -0.15) is 4.31 Å². The van der Waals surface area contributed by atoms with Gasteiger partial charge in [-0.3, -0.25) is 9.36 Å². The van der Waals surface area contributed by atoms with Gasteiger partial charge in [0, 0.05) is 38.2 Å². The van der Waals surface area contributed by atoms with Crippen LogP contribution < -0.4 is 0 Å². The summed E-state index contributed by atoms with van der Waals surface area (Å²) in [5, 5.41) is 0. The topological polar surface area (TPSA) is 77.2 Å². The second kappa shape index (κ2) is 5.36. The van der Waals surface area contributed by atoms with Gasteiger partial charge in [0.05, 0.1) is 0 Å². The van der Waals surface area contributed by atoms with Gasteiger partial charge in [0.15, 0.2) is 0 Å². The Morgan fingerprint density at radius 3 is 2.55 bits per heavy atom. The van der Waals surface area contributed by atoms with E-state index in [4.69, 9.17) is 0 Å². The van der Waals surface area contributed by atoms with E-state index in [2.05, 4.69) is 4.98 Å². The molecule has 2 aromatic heterocycles. The molecule has 0 aliphatic carbocycles. The lowest BCUT2D eigenvalue weighted by atomic mass is 10.4. The minimum absolute atomic E-state index is 0.209. The van der Waals surface area contributed by atoms with Crippen molar-refractivity contribution < 1.29 is 13.2 Å². The third kappa shape index (κ3) is 2.28. The molecule has 0 N–H and O–H groups in total. The fraction of sp³-hybridized carbons (Fsp3) is 0.429. The summed E-state index contributed by atoms with van der Waals surface area (Å²) in [5.74, 6) is -0.300. The van der Waals surface area contributed by atoms with E-state index < -0.39 is 10.0 Å². The highest BCUT2D eigenvalue weighted by molar-refractivity contribution is 7.89. The first-order chi connectivity index (χ1) is 10.4. The molecule has 0 aromatic carbocycles. The fourth-order valence-corrected chi connectivity index (χ4v) is 4.50. The summed E-state index contributed by atoms with van der Waals surface area (Å²) in [6.45, 7) is 2.80. The summed E-state index contributed by atoms with van der Waals surface area (Å²) in [7, 11) is -1.84. The van der Waals surface area contributed by atoms with Gasteiger partial charge in [-0.1, -0.05) is 0 Å². The molecule has 1 saturated heterocycles. The van der Waals surface area contributed by atoms with Crippen molar-refractivity contribution in [2.24, 2.45) is 7.05 Å². The molecular weight excluding hydrogens is 304 g/mol. The highest BCUT2D eigenvalue weighted by Gasteiger charge is 2.31. The molecule has 0 radical (unpaired) electrons. The molecule has 0 saturated carbocycles. The Morgan fingerprint density at radius 1 is 1.27 bits per heavy atom. The summed E-state index contributed by atoms with van der Waals surface area (Å²) in [4.78, 5) is 16.5. The number of sulfonamides is 1. The molecule has 0 amide bonds. The predicted molar refractivity (Wildman–Crippen MR) is 80.1 cm³/mol. The van der Waals surface area contributed by atoms with E-state index in [9.17, 15) is 13.2 Å². The maximum atomic E-state index is 12.7. The third-order valence-electron chi connectivity index (χ3n) is 4.13. The monoisotopic (exact) mass is 322 g/mol. The molecule has 7 nitrogen and oxygen atoms in total. The first-order valence-electron chi connectivity index (χ1n) is 7.12. The Labute approximate surface area is 129 Å². The van der Waals surface area contributed by atoms with Gasteiger partial charge in [0.1, 0.15) is 16.9 Å². The van der Waals surface area contributed by atoms with E-state index in [0.29, 0.717) is 24.5 Å². The van der Waals surface area contributed by atoms with Crippen LogP contribution >= 0.6 is 0 Å². The van der Waals surface area contributed by atoms with E-state index in [0.717, 1.165) is 12.8 Å². The average molecular weight is 322 g/mol.